The zero-order valence-corrected chi connectivity index (χ0v) is 15.8. The lowest BCUT2D eigenvalue weighted by molar-refractivity contribution is -0.127. The van der Waals surface area contributed by atoms with Crippen molar-refractivity contribution in [1.29, 1.82) is 0 Å². The number of rotatable bonds is 7. The first-order chi connectivity index (χ1) is 12.5. The van der Waals surface area contributed by atoms with E-state index in [0.717, 1.165) is 17.5 Å². The van der Waals surface area contributed by atoms with Gasteiger partial charge in [-0.3, -0.25) is 4.79 Å². The van der Waals surface area contributed by atoms with Crippen molar-refractivity contribution in [3.8, 4) is 0 Å². The monoisotopic (exact) mass is 373 g/mol. The summed E-state index contributed by atoms with van der Waals surface area (Å²) in [4.78, 5) is 22.0. The molecule has 0 aliphatic rings. The Morgan fingerprint density at radius 1 is 1.12 bits per heavy atom. The largest absolute Gasteiger partial charge is 0.356 e. The average molecular weight is 374 g/mol. The van der Waals surface area contributed by atoms with Crippen LogP contribution in [0, 0.1) is 0 Å². The van der Waals surface area contributed by atoms with Crippen LogP contribution in [0.4, 0.5) is 0 Å². The number of benzene rings is 1. The van der Waals surface area contributed by atoms with Crippen LogP contribution >= 0.6 is 11.6 Å². The summed E-state index contributed by atoms with van der Waals surface area (Å²) in [5.74, 6) is 0.590. The van der Waals surface area contributed by atoms with Crippen LogP contribution in [0.25, 0.3) is 0 Å². The number of carbonyl (C=O) groups is 1. The number of guanidine groups is 1. The van der Waals surface area contributed by atoms with E-state index in [1.165, 1.54) is 0 Å². The minimum absolute atomic E-state index is 0.0129. The SMILES string of the molecule is CN(C)C(=O)CNC(=NCc1ccccc1)NCCc1ccc(Cl)nc1. The van der Waals surface area contributed by atoms with E-state index in [2.05, 4.69) is 20.6 Å². The number of halogens is 1. The van der Waals surface area contributed by atoms with Crippen molar-refractivity contribution >= 4 is 23.5 Å². The molecule has 0 aliphatic carbocycles. The Morgan fingerprint density at radius 2 is 1.88 bits per heavy atom. The van der Waals surface area contributed by atoms with Gasteiger partial charge in [-0.25, -0.2) is 9.98 Å². The number of carbonyl (C=O) groups excluding carboxylic acids is 1. The highest BCUT2D eigenvalue weighted by Crippen LogP contribution is 2.05. The molecule has 26 heavy (non-hydrogen) atoms. The third-order valence-electron chi connectivity index (χ3n) is 3.66. The molecule has 0 aliphatic heterocycles. The van der Waals surface area contributed by atoms with Gasteiger partial charge in [0.1, 0.15) is 5.15 Å². The lowest BCUT2D eigenvalue weighted by Crippen LogP contribution is -2.43. The van der Waals surface area contributed by atoms with E-state index in [4.69, 9.17) is 11.6 Å². The molecule has 0 spiro atoms. The molecule has 1 aromatic heterocycles. The number of pyridine rings is 1. The first-order valence-electron chi connectivity index (χ1n) is 8.41. The van der Waals surface area contributed by atoms with Gasteiger partial charge in [-0.2, -0.15) is 0 Å². The third kappa shape index (κ3) is 7.11. The Balaban J connectivity index is 1.92. The highest BCUT2D eigenvalue weighted by atomic mass is 35.5. The van der Waals surface area contributed by atoms with Gasteiger partial charge in [-0.05, 0) is 23.6 Å². The normalized spacial score (nSPS) is 11.1. The topological polar surface area (TPSA) is 69.6 Å². The Labute approximate surface area is 159 Å². The molecule has 1 amide bonds. The summed E-state index contributed by atoms with van der Waals surface area (Å²) in [5, 5.41) is 6.81. The maximum atomic E-state index is 11.8. The second-order valence-corrected chi connectivity index (χ2v) is 6.35. The molecule has 2 N–H and O–H groups in total. The number of nitrogens with one attached hydrogen (secondary N) is 2. The lowest BCUT2D eigenvalue weighted by Gasteiger charge is -2.15. The van der Waals surface area contributed by atoms with Gasteiger partial charge in [0.05, 0.1) is 13.1 Å². The highest BCUT2D eigenvalue weighted by Gasteiger charge is 2.06. The van der Waals surface area contributed by atoms with E-state index in [0.29, 0.717) is 24.2 Å². The summed E-state index contributed by atoms with van der Waals surface area (Å²) < 4.78 is 0. The third-order valence-corrected chi connectivity index (χ3v) is 3.89. The molecule has 2 aromatic rings. The molecule has 1 heterocycles. The molecule has 2 rings (SSSR count). The van der Waals surface area contributed by atoms with Crippen LogP contribution in [0.3, 0.4) is 0 Å². The van der Waals surface area contributed by atoms with Crippen LogP contribution in [-0.2, 0) is 17.8 Å². The van der Waals surface area contributed by atoms with Gasteiger partial charge in [0.15, 0.2) is 5.96 Å². The van der Waals surface area contributed by atoms with Crippen molar-refractivity contribution < 1.29 is 4.79 Å². The fourth-order valence-corrected chi connectivity index (χ4v) is 2.24. The summed E-state index contributed by atoms with van der Waals surface area (Å²) in [6, 6.07) is 13.7. The van der Waals surface area contributed by atoms with Crippen molar-refractivity contribution in [1.82, 2.24) is 20.5 Å². The molecule has 0 fully saturated rings. The van der Waals surface area contributed by atoms with Crippen LogP contribution in [0.5, 0.6) is 0 Å². The van der Waals surface area contributed by atoms with Crippen molar-refractivity contribution in [2.45, 2.75) is 13.0 Å². The first-order valence-corrected chi connectivity index (χ1v) is 8.79. The average Bonchev–Trinajstić information content (AvgIpc) is 2.65. The number of hydrogen-bond acceptors (Lipinski definition) is 3. The number of aromatic nitrogens is 1. The van der Waals surface area contributed by atoms with Crippen LogP contribution in [0.1, 0.15) is 11.1 Å². The van der Waals surface area contributed by atoms with Gasteiger partial charge >= 0.3 is 0 Å². The van der Waals surface area contributed by atoms with E-state index in [-0.39, 0.29) is 12.5 Å². The van der Waals surface area contributed by atoms with Crippen molar-refractivity contribution in [3.63, 3.8) is 0 Å². The predicted molar refractivity (Wildman–Crippen MR) is 105 cm³/mol. The summed E-state index contributed by atoms with van der Waals surface area (Å²) in [5.41, 5.74) is 2.18. The van der Waals surface area contributed by atoms with E-state index >= 15 is 0 Å². The number of nitrogens with zero attached hydrogens (tertiary/aromatic N) is 3. The molecule has 1 aromatic carbocycles. The lowest BCUT2D eigenvalue weighted by atomic mass is 10.2. The Morgan fingerprint density at radius 3 is 2.54 bits per heavy atom. The Kier molecular flexibility index (Phi) is 7.89. The number of amides is 1. The molecule has 0 radical (unpaired) electrons. The Hall–Kier alpha value is -2.60. The molecule has 0 bridgehead atoms. The van der Waals surface area contributed by atoms with Crippen LogP contribution in [0.15, 0.2) is 53.7 Å². The van der Waals surface area contributed by atoms with Gasteiger partial charge in [0, 0.05) is 26.8 Å². The molecular formula is C19H24ClN5O. The summed E-state index contributed by atoms with van der Waals surface area (Å²) >= 11 is 5.80. The standard InChI is InChI=1S/C19H24ClN5O/c1-25(2)18(26)14-24-19(23-13-15-6-4-3-5-7-15)21-11-10-16-8-9-17(20)22-12-16/h3-9,12H,10-11,13-14H2,1-2H3,(H2,21,23,24). The predicted octanol–water partition coefficient (Wildman–Crippen LogP) is 2.10. The smallest absolute Gasteiger partial charge is 0.241 e. The fourth-order valence-electron chi connectivity index (χ4n) is 2.13. The van der Waals surface area contributed by atoms with Crippen LogP contribution in [0.2, 0.25) is 5.15 Å². The Bertz CT molecular complexity index is 716. The van der Waals surface area contributed by atoms with Crippen LogP contribution < -0.4 is 10.6 Å². The van der Waals surface area contributed by atoms with E-state index < -0.39 is 0 Å². The molecule has 138 valence electrons. The fraction of sp³-hybridized carbons (Fsp3) is 0.316. The molecule has 0 atom stereocenters. The molecule has 0 unspecified atom stereocenters. The second kappa shape index (κ2) is 10.4. The zero-order chi connectivity index (χ0) is 18.8. The minimum atomic E-state index is -0.0129. The van der Waals surface area contributed by atoms with E-state index in [9.17, 15) is 4.79 Å². The zero-order valence-electron chi connectivity index (χ0n) is 15.1. The molecule has 0 saturated heterocycles. The number of aliphatic imine (C=N–C) groups is 1. The van der Waals surface area contributed by atoms with Gasteiger partial charge in [0.25, 0.3) is 0 Å². The second-order valence-electron chi connectivity index (χ2n) is 5.96. The summed E-state index contributed by atoms with van der Waals surface area (Å²) in [6.45, 7) is 1.39. The molecule has 0 saturated carbocycles. The molecular weight excluding hydrogens is 350 g/mol. The van der Waals surface area contributed by atoms with Crippen molar-refractivity contribution in [2.75, 3.05) is 27.2 Å². The quantitative estimate of drug-likeness (QED) is 0.443. The maximum absolute atomic E-state index is 11.8. The van der Waals surface area contributed by atoms with Gasteiger partial charge in [0.2, 0.25) is 5.91 Å². The van der Waals surface area contributed by atoms with Crippen LogP contribution in [-0.4, -0.2) is 48.9 Å². The first kappa shape index (κ1) is 19.7. The van der Waals surface area contributed by atoms with Crippen molar-refractivity contribution in [2.24, 2.45) is 4.99 Å². The van der Waals surface area contributed by atoms with Gasteiger partial charge in [-0.1, -0.05) is 48.0 Å². The van der Waals surface area contributed by atoms with Gasteiger partial charge in [-0.15, -0.1) is 0 Å². The minimum Gasteiger partial charge on any atom is -0.356 e. The van der Waals surface area contributed by atoms with E-state index in [1.54, 1.807) is 31.3 Å². The van der Waals surface area contributed by atoms with E-state index in [1.807, 2.05) is 36.4 Å². The summed E-state index contributed by atoms with van der Waals surface area (Å²) in [6.07, 6.45) is 2.53. The maximum Gasteiger partial charge on any atom is 0.241 e. The number of likely N-dealkylation sites (N-methyl/N-ethyl adjacent to an activating group) is 1. The highest BCUT2D eigenvalue weighted by molar-refractivity contribution is 6.29. The molecule has 6 nitrogen and oxygen atoms in total. The summed E-state index contributed by atoms with van der Waals surface area (Å²) in [7, 11) is 3.46. The molecule has 7 heteroatoms. The number of hydrogen-bond donors (Lipinski definition) is 2. The van der Waals surface area contributed by atoms with Gasteiger partial charge < -0.3 is 15.5 Å². The van der Waals surface area contributed by atoms with Crippen molar-refractivity contribution in [3.05, 3.63) is 64.9 Å².